The molecule has 0 spiro atoms. The van der Waals surface area contributed by atoms with E-state index in [4.69, 9.17) is 9.47 Å². The number of carbonyl (C=O) groups excluding carboxylic acids is 1. The molecule has 0 bridgehead atoms. The van der Waals surface area contributed by atoms with Crippen LogP contribution in [0.25, 0.3) is 0 Å². The highest BCUT2D eigenvalue weighted by Gasteiger charge is 2.37. The first-order valence-electron chi connectivity index (χ1n) is 7.35. The Morgan fingerprint density at radius 3 is 2.40 bits per heavy atom. The van der Waals surface area contributed by atoms with Crippen molar-refractivity contribution in [2.75, 3.05) is 6.61 Å². The molecule has 0 aromatic rings. The molecule has 0 saturated carbocycles. The third kappa shape index (κ3) is 5.01. The van der Waals surface area contributed by atoms with Gasteiger partial charge in [-0.05, 0) is 12.8 Å². The molecule has 3 N–H and O–H groups in total. The van der Waals surface area contributed by atoms with Gasteiger partial charge in [-0.25, -0.2) is 0 Å². The highest BCUT2D eigenvalue weighted by Crippen LogP contribution is 2.21. The maximum atomic E-state index is 12.0. The number of ether oxygens (including phenoxy) is 2. The zero-order chi connectivity index (χ0) is 15.1. The van der Waals surface area contributed by atoms with E-state index in [2.05, 4.69) is 0 Å². The summed E-state index contributed by atoms with van der Waals surface area (Å²) < 4.78 is 10.3. The summed E-state index contributed by atoms with van der Waals surface area (Å²) >= 11 is 0. The fraction of sp³-hybridized carbons (Fsp3) is 0.929. The van der Waals surface area contributed by atoms with Crippen LogP contribution < -0.4 is 0 Å². The predicted octanol–water partition coefficient (Wildman–Crippen LogP) is 0.575. The van der Waals surface area contributed by atoms with E-state index in [1.54, 1.807) is 0 Å². The number of aliphatic hydroxyl groups excluding tert-OH is 3. The van der Waals surface area contributed by atoms with Crippen LogP contribution in [-0.4, -0.2) is 52.5 Å². The summed E-state index contributed by atoms with van der Waals surface area (Å²) in [5.74, 6) is -0.445. The maximum Gasteiger partial charge on any atom is 0.309 e. The van der Waals surface area contributed by atoms with Gasteiger partial charge in [0.25, 0.3) is 0 Å². The van der Waals surface area contributed by atoms with Gasteiger partial charge in [0, 0.05) is 6.42 Å². The Morgan fingerprint density at radius 2 is 1.85 bits per heavy atom. The van der Waals surface area contributed by atoms with Crippen LogP contribution in [0, 0.1) is 5.92 Å². The number of carbonyl (C=O) groups is 1. The van der Waals surface area contributed by atoms with Crippen LogP contribution in [0.4, 0.5) is 0 Å². The first kappa shape index (κ1) is 17.4. The number of aliphatic hydroxyl groups is 3. The van der Waals surface area contributed by atoms with Crippen molar-refractivity contribution in [3.63, 3.8) is 0 Å². The Labute approximate surface area is 119 Å². The van der Waals surface area contributed by atoms with Gasteiger partial charge in [-0.2, -0.15) is 0 Å². The molecule has 0 aliphatic carbocycles. The molecule has 4 atom stereocenters. The molecule has 6 heteroatoms. The van der Waals surface area contributed by atoms with Crippen molar-refractivity contribution < 1.29 is 29.6 Å². The molecule has 0 radical (unpaired) electrons. The average Bonchev–Trinajstić information content (AvgIpc) is 2.40. The van der Waals surface area contributed by atoms with Crippen LogP contribution in [0.1, 0.15) is 46.0 Å². The number of esters is 1. The van der Waals surface area contributed by atoms with Gasteiger partial charge in [0.15, 0.2) is 6.29 Å². The zero-order valence-corrected chi connectivity index (χ0v) is 12.2. The second kappa shape index (κ2) is 8.56. The van der Waals surface area contributed by atoms with E-state index in [1.165, 1.54) is 0 Å². The Bertz CT molecular complexity index is 289. The molecule has 118 valence electrons. The van der Waals surface area contributed by atoms with Crippen LogP contribution in [0.3, 0.4) is 0 Å². The van der Waals surface area contributed by atoms with Gasteiger partial charge in [0.1, 0.15) is 18.8 Å². The van der Waals surface area contributed by atoms with Crippen molar-refractivity contribution in [3.05, 3.63) is 0 Å². The quantitative estimate of drug-likeness (QED) is 0.593. The second-order valence-electron chi connectivity index (χ2n) is 5.33. The van der Waals surface area contributed by atoms with Gasteiger partial charge in [-0.1, -0.05) is 26.7 Å². The largest absolute Gasteiger partial charge is 0.463 e. The fourth-order valence-electron chi connectivity index (χ4n) is 2.43. The molecule has 0 amide bonds. The monoisotopic (exact) mass is 290 g/mol. The minimum atomic E-state index is -1.15. The Morgan fingerprint density at radius 1 is 1.25 bits per heavy atom. The lowest BCUT2D eigenvalue weighted by Crippen LogP contribution is -2.50. The van der Waals surface area contributed by atoms with E-state index in [-0.39, 0.29) is 24.9 Å². The molecule has 1 fully saturated rings. The summed E-state index contributed by atoms with van der Waals surface area (Å²) in [5.41, 5.74) is 0. The number of hydrogen-bond donors (Lipinski definition) is 3. The van der Waals surface area contributed by atoms with Crippen molar-refractivity contribution in [2.24, 2.45) is 5.92 Å². The Balaban J connectivity index is 2.45. The summed E-state index contributed by atoms with van der Waals surface area (Å²) in [7, 11) is 0. The predicted molar refractivity (Wildman–Crippen MR) is 71.8 cm³/mol. The molecule has 1 rings (SSSR count). The van der Waals surface area contributed by atoms with E-state index < -0.39 is 24.6 Å². The minimum absolute atomic E-state index is 0.0418. The van der Waals surface area contributed by atoms with E-state index >= 15 is 0 Å². The van der Waals surface area contributed by atoms with Crippen LogP contribution >= 0.6 is 0 Å². The summed E-state index contributed by atoms with van der Waals surface area (Å²) in [6.45, 7) is 3.87. The first-order valence-corrected chi connectivity index (χ1v) is 7.35. The lowest BCUT2D eigenvalue weighted by molar-refractivity contribution is -0.242. The molecule has 1 saturated heterocycles. The molecule has 6 nitrogen and oxygen atoms in total. The third-order valence-corrected chi connectivity index (χ3v) is 3.55. The molecule has 0 aromatic carbocycles. The topological polar surface area (TPSA) is 96.2 Å². The Hall–Kier alpha value is -0.690. The van der Waals surface area contributed by atoms with Crippen LogP contribution in [0.15, 0.2) is 0 Å². The first-order chi connectivity index (χ1) is 9.49. The summed E-state index contributed by atoms with van der Waals surface area (Å²) in [4.78, 5) is 12.0. The van der Waals surface area contributed by atoms with Gasteiger partial charge in [0.2, 0.25) is 0 Å². The van der Waals surface area contributed by atoms with Gasteiger partial charge in [-0.15, -0.1) is 0 Å². The summed E-state index contributed by atoms with van der Waals surface area (Å²) in [6, 6.07) is 0. The fourth-order valence-corrected chi connectivity index (χ4v) is 2.43. The number of hydrogen-bond acceptors (Lipinski definition) is 6. The van der Waals surface area contributed by atoms with Gasteiger partial charge >= 0.3 is 5.97 Å². The highest BCUT2D eigenvalue weighted by molar-refractivity contribution is 5.72. The van der Waals surface area contributed by atoms with Gasteiger partial charge in [0.05, 0.1) is 12.0 Å². The second-order valence-corrected chi connectivity index (χ2v) is 5.33. The van der Waals surface area contributed by atoms with Crippen molar-refractivity contribution >= 4 is 5.97 Å². The van der Waals surface area contributed by atoms with E-state index in [0.717, 1.165) is 25.7 Å². The van der Waals surface area contributed by atoms with Crippen LogP contribution in [0.5, 0.6) is 0 Å². The van der Waals surface area contributed by atoms with E-state index in [1.807, 2.05) is 13.8 Å². The van der Waals surface area contributed by atoms with Crippen molar-refractivity contribution in [2.45, 2.75) is 70.6 Å². The van der Waals surface area contributed by atoms with E-state index in [9.17, 15) is 20.1 Å². The molecule has 0 aromatic heterocycles. The smallest absolute Gasteiger partial charge is 0.309 e. The average molecular weight is 290 g/mol. The van der Waals surface area contributed by atoms with Gasteiger partial charge in [-0.3, -0.25) is 4.79 Å². The zero-order valence-electron chi connectivity index (χ0n) is 12.2. The van der Waals surface area contributed by atoms with Crippen LogP contribution in [-0.2, 0) is 14.3 Å². The van der Waals surface area contributed by atoms with Crippen molar-refractivity contribution in [1.29, 1.82) is 0 Å². The molecular weight excluding hydrogens is 264 g/mol. The molecular formula is C14H26O6. The van der Waals surface area contributed by atoms with Crippen molar-refractivity contribution in [3.8, 4) is 0 Å². The lowest BCUT2D eigenvalue weighted by atomic mass is 9.98. The highest BCUT2D eigenvalue weighted by atomic mass is 16.6. The van der Waals surface area contributed by atoms with E-state index in [0.29, 0.717) is 0 Å². The minimum Gasteiger partial charge on any atom is -0.463 e. The maximum absolute atomic E-state index is 12.0. The van der Waals surface area contributed by atoms with Crippen LogP contribution in [0.2, 0.25) is 0 Å². The van der Waals surface area contributed by atoms with Gasteiger partial charge < -0.3 is 24.8 Å². The standard InChI is InChI=1S/C14H26O6/c1-3-5-9(6-4-2)14(18)19-8-11-13(17)10(15)7-12(16)20-11/h9-13,15-17H,3-8H2,1-2H3. The Kier molecular flexibility index (Phi) is 7.43. The lowest BCUT2D eigenvalue weighted by Gasteiger charge is -2.34. The molecule has 1 aliphatic heterocycles. The SMILES string of the molecule is CCCC(CCC)C(=O)OCC1OC(O)CC(O)C1O. The number of rotatable bonds is 7. The molecule has 1 aliphatic rings. The van der Waals surface area contributed by atoms with Crippen molar-refractivity contribution in [1.82, 2.24) is 0 Å². The molecule has 1 heterocycles. The summed E-state index contributed by atoms with van der Waals surface area (Å²) in [6.07, 6.45) is -0.940. The summed E-state index contributed by atoms with van der Waals surface area (Å²) in [5, 5.41) is 28.6. The third-order valence-electron chi connectivity index (χ3n) is 3.55. The normalized spacial score (nSPS) is 30.5. The molecule has 20 heavy (non-hydrogen) atoms. The molecule has 4 unspecified atom stereocenters.